The average molecular weight is 447 g/mol. The van der Waals surface area contributed by atoms with Crippen LogP contribution in [0.15, 0.2) is 18.2 Å². The van der Waals surface area contributed by atoms with E-state index < -0.39 is 30.2 Å². The standard InChI is InChI=1S/C24H32BF2NO4/c1-13(2)8-15(25-31-20-10-14-9-18(22(20)32-25)24(14,3)4)11-16(29)12-28-23(30)17-6-5-7-19(26)21(17)27/h5-7,13-15,18,20,22H,8-12H2,1-4H3,(H,28,30)/t14-,15+,18?,20+,22-/m0/s1. The molecule has 1 unspecified atom stereocenters. The van der Waals surface area contributed by atoms with E-state index in [2.05, 4.69) is 33.0 Å². The monoisotopic (exact) mass is 447 g/mol. The van der Waals surface area contributed by atoms with Crippen LogP contribution < -0.4 is 5.32 Å². The molecular formula is C24H32BF2NO4. The lowest BCUT2D eigenvalue weighted by atomic mass is 9.47. The maximum absolute atomic E-state index is 13.8. The van der Waals surface area contributed by atoms with Gasteiger partial charge >= 0.3 is 7.12 Å². The molecular weight excluding hydrogens is 415 g/mol. The Bertz CT molecular complexity index is 893. The molecule has 4 aliphatic rings. The van der Waals surface area contributed by atoms with E-state index in [4.69, 9.17) is 9.31 Å². The molecule has 32 heavy (non-hydrogen) atoms. The summed E-state index contributed by atoms with van der Waals surface area (Å²) in [5, 5.41) is 2.41. The number of rotatable bonds is 8. The highest BCUT2D eigenvalue weighted by Gasteiger charge is 2.62. The number of benzene rings is 1. The fraction of sp³-hybridized carbons (Fsp3) is 0.667. The molecule has 1 saturated heterocycles. The summed E-state index contributed by atoms with van der Waals surface area (Å²) in [6, 6.07) is 3.39. The molecule has 1 amide bonds. The summed E-state index contributed by atoms with van der Waals surface area (Å²) in [4.78, 5) is 24.9. The lowest BCUT2D eigenvalue weighted by Crippen LogP contribution is -2.59. The second-order valence-corrected chi connectivity index (χ2v) is 10.7. The van der Waals surface area contributed by atoms with Crippen molar-refractivity contribution in [1.82, 2.24) is 5.32 Å². The van der Waals surface area contributed by atoms with Crippen molar-refractivity contribution in [2.24, 2.45) is 23.2 Å². The van der Waals surface area contributed by atoms with Gasteiger partial charge in [-0.15, -0.1) is 0 Å². The van der Waals surface area contributed by atoms with Crippen molar-refractivity contribution in [1.29, 1.82) is 0 Å². The third-order valence-corrected chi connectivity index (χ3v) is 7.72. The second kappa shape index (κ2) is 8.86. The molecule has 0 aromatic heterocycles. The highest BCUT2D eigenvalue weighted by molar-refractivity contribution is 6.47. The number of ketones is 1. The number of nitrogens with one attached hydrogen (secondary N) is 1. The molecule has 3 saturated carbocycles. The fourth-order valence-corrected chi connectivity index (χ4v) is 5.80. The van der Waals surface area contributed by atoms with Gasteiger partial charge in [0.15, 0.2) is 17.4 Å². The number of hydrogen-bond donors (Lipinski definition) is 1. The Labute approximate surface area is 188 Å². The first kappa shape index (κ1) is 23.4. The lowest BCUT2D eigenvalue weighted by molar-refractivity contribution is -0.150. The molecule has 3 aliphatic carbocycles. The second-order valence-electron chi connectivity index (χ2n) is 10.7. The Balaban J connectivity index is 1.35. The minimum atomic E-state index is -1.22. The first-order valence-corrected chi connectivity index (χ1v) is 11.6. The molecule has 2 bridgehead atoms. The number of carbonyl (C=O) groups excluding carboxylic acids is 2. The normalized spacial score (nSPS) is 28.8. The molecule has 1 aliphatic heterocycles. The summed E-state index contributed by atoms with van der Waals surface area (Å²) in [6.07, 6.45) is 3.33. The molecule has 1 aromatic rings. The van der Waals surface area contributed by atoms with E-state index in [9.17, 15) is 18.4 Å². The van der Waals surface area contributed by atoms with Gasteiger partial charge in [-0.2, -0.15) is 0 Å². The van der Waals surface area contributed by atoms with Gasteiger partial charge in [0.1, 0.15) is 0 Å². The maximum atomic E-state index is 13.8. The van der Waals surface area contributed by atoms with Crippen LogP contribution in [0.1, 0.15) is 63.7 Å². The van der Waals surface area contributed by atoms with Crippen LogP contribution in [0, 0.1) is 34.8 Å². The van der Waals surface area contributed by atoms with E-state index in [1.165, 1.54) is 18.6 Å². The Hall–Kier alpha value is -1.80. The molecule has 5 atom stereocenters. The van der Waals surface area contributed by atoms with Gasteiger partial charge in [0.2, 0.25) is 0 Å². The Morgan fingerprint density at radius 2 is 1.97 bits per heavy atom. The Morgan fingerprint density at radius 1 is 1.22 bits per heavy atom. The maximum Gasteiger partial charge on any atom is 0.461 e. The quantitative estimate of drug-likeness (QED) is 0.600. The van der Waals surface area contributed by atoms with Crippen molar-refractivity contribution >= 4 is 18.8 Å². The molecule has 1 N–H and O–H groups in total. The van der Waals surface area contributed by atoms with Gasteiger partial charge in [-0.05, 0) is 54.6 Å². The zero-order valence-electron chi connectivity index (χ0n) is 19.2. The van der Waals surface area contributed by atoms with Crippen LogP contribution in [-0.2, 0) is 14.1 Å². The van der Waals surface area contributed by atoms with Gasteiger partial charge in [0, 0.05) is 12.2 Å². The lowest BCUT2D eigenvalue weighted by Gasteiger charge is -2.60. The molecule has 0 spiro atoms. The zero-order valence-corrected chi connectivity index (χ0v) is 19.2. The smallest absolute Gasteiger partial charge is 0.405 e. The minimum absolute atomic E-state index is 0.0837. The molecule has 5 nitrogen and oxygen atoms in total. The summed E-state index contributed by atoms with van der Waals surface area (Å²) in [5.41, 5.74) is -0.135. The number of hydrogen-bond acceptors (Lipinski definition) is 4. The number of Topliss-reactive ketones (excluding diaryl/α,β-unsaturated/α-hetero) is 1. The Morgan fingerprint density at radius 3 is 2.66 bits per heavy atom. The highest BCUT2D eigenvalue weighted by atomic mass is 19.2. The van der Waals surface area contributed by atoms with Crippen molar-refractivity contribution in [3.05, 3.63) is 35.4 Å². The SMILES string of the molecule is CC(C)C[C@H](CC(=O)CNC(=O)c1cccc(F)c1F)B1O[C@@H]2C[C@@H]3CC([C@@H]2O1)C3(C)C. The van der Waals surface area contributed by atoms with E-state index in [0.717, 1.165) is 18.9 Å². The first-order valence-electron chi connectivity index (χ1n) is 11.6. The summed E-state index contributed by atoms with van der Waals surface area (Å²) in [7, 11) is -0.428. The topological polar surface area (TPSA) is 64.6 Å². The van der Waals surface area contributed by atoms with Crippen molar-refractivity contribution in [3.63, 3.8) is 0 Å². The molecule has 4 fully saturated rings. The van der Waals surface area contributed by atoms with Gasteiger partial charge in [0.05, 0.1) is 24.3 Å². The predicted molar refractivity (Wildman–Crippen MR) is 117 cm³/mol. The van der Waals surface area contributed by atoms with Gasteiger partial charge in [-0.3, -0.25) is 9.59 Å². The third kappa shape index (κ3) is 4.36. The van der Waals surface area contributed by atoms with Crippen LogP contribution in [0.3, 0.4) is 0 Å². The van der Waals surface area contributed by atoms with Gasteiger partial charge in [-0.25, -0.2) is 8.78 Å². The summed E-state index contributed by atoms with van der Waals surface area (Å²) in [5.74, 6) is -1.91. The summed E-state index contributed by atoms with van der Waals surface area (Å²) >= 11 is 0. The van der Waals surface area contributed by atoms with Crippen LogP contribution in [0.25, 0.3) is 0 Å². The molecule has 1 aromatic carbocycles. The van der Waals surface area contributed by atoms with E-state index >= 15 is 0 Å². The third-order valence-electron chi connectivity index (χ3n) is 7.72. The zero-order chi connectivity index (χ0) is 23.2. The highest BCUT2D eigenvalue weighted by Crippen LogP contribution is 2.62. The largest absolute Gasteiger partial charge is 0.461 e. The van der Waals surface area contributed by atoms with E-state index in [1.807, 2.05) is 0 Å². The van der Waals surface area contributed by atoms with Gasteiger partial charge in [0.25, 0.3) is 5.91 Å². The average Bonchev–Trinajstić information content (AvgIpc) is 3.17. The number of halogens is 2. The summed E-state index contributed by atoms with van der Waals surface area (Å²) in [6.45, 7) is 8.54. The predicted octanol–water partition coefficient (Wildman–Crippen LogP) is 4.41. The van der Waals surface area contributed by atoms with Gasteiger partial charge in [-0.1, -0.05) is 33.8 Å². The van der Waals surface area contributed by atoms with Crippen molar-refractivity contribution in [2.75, 3.05) is 6.54 Å². The number of amides is 1. The van der Waals surface area contributed by atoms with Crippen LogP contribution >= 0.6 is 0 Å². The van der Waals surface area contributed by atoms with E-state index in [0.29, 0.717) is 17.8 Å². The molecule has 174 valence electrons. The summed E-state index contributed by atoms with van der Waals surface area (Å²) < 4.78 is 39.9. The molecule has 1 heterocycles. The van der Waals surface area contributed by atoms with Crippen molar-refractivity contribution in [2.45, 2.75) is 71.4 Å². The first-order chi connectivity index (χ1) is 15.1. The van der Waals surface area contributed by atoms with E-state index in [-0.39, 0.29) is 42.2 Å². The van der Waals surface area contributed by atoms with Crippen molar-refractivity contribution in [3.8, 4) is 0 Å². The van der Waals surface area contributed by atoms with Crippen molar-refractivity contribution < 1.29 is 27.7 Å². The van der Waals surface area contributed by atoms with Crippen LogP contribution in [-0.4, -0.2) is 37.6 Å². The van der Waals surface area contributed by atoms with Crippen LogP contribution in [0.2, 0.25) is 5.82 Å². The fourth-order valence-electron chi connectivity index (χ4n) is 5.80. The molecule has 5 rings (SSSR count). The van der Waals surface area contributed by atoms with Gasteiger partial charge < -0.3 is 14.6 Å². The minimum Gasteiger partial charge on any atom is -0.405 e. The van der Waals surface area contributed by atoms with Crippen LogP contribution in [0.5, 0.6) is 0 Å². The molecule has 8 heteroatoms. The number of carbonyl (C=O) groups is 2. The Kier molecular flexibility index (Phi) is 6.47. The molecule has 0 radical (unpaired) electrons. The van der Waals surface area contributed by atoms with Crippen LogP contribution in [0.4, 0.5) is 8.78 Å². The van der Waals surface area contributed by atoms with E-state index in [1.54, 1.807) is 0 Å².